The smallest absolute Gasteiger partial charge is 0.417 e. The molecule has 4 heterocycles. The zero-order chi connectivity index (χ0) is 15.3. The van der Waals surface area contributed by atoms with Gasteiger partial charge in [-0.1, -0.05) is 0 Å². The highest BCUT2D eigenvalue weighted by molar-refractivity contribution is 5.79. The van der Waals surface area contributed by atoms with Crippen LogP contribution in [0.5, 0.6) is 0 Å². The van der Waals surface area contributed by atoms with E-state index in [9.17, 15) is 13.2 Å². The average Bonchev–Trinajstić information content (AvgIpc) is 3.14. The van der Waals surface area contributed by atoms with Crippen LogP contribution in [-0.4, -0.2) is 24.6 Å². The number of pyridine rings is 2. The molecule has 0 unspecified atom stereocenters. The van der Waals surface area contributed by atoms with E-state index in [1.807, 2.05) is 0 Å². The molecule has 6 nitrogen and oxygen atoms in total. The Kier molecular flexibility index (Phi) is 2.47. The molecule has 0 aliphatic carbocycles. The third kappa shape index (κ3) is 1.90. The summed E-state index contributed by atoms with van der Waals surface area (Å²) in [5.74, 6) is 0.226. The van der Waals surface area contributed by atoms with E-state index in [-0.39, 0.29) is 5.89 Å². The first-order valence-corrected chi connectivity index (χ1v) is 6.14. The van der Waals surface area contributed by atoms with Crippen LogP contribution in [0.3, 0.4) is 0 Å². The largest absolute Gasteiger partial charge is 0.422 e. The van der Waals surface area contributed by atoms with Crippen molar-refractivity contribution in [2.75, 3.05) is 0 Å². The SMILES string of the molecule is FC(F)(F)c1cnc2c(ccc3nc(-c4nnco4)cn32)c1. The standard InChI is InChI=1S/C13H6F3N5O/c14-13(15,16)8-3-7-1-2-10-19-9(12-20-18-6-22-12)5-21(10)11(7)17-4-8/h1-6H. The summed E-state index contributed by atoms with van der Waals surface area (Å²) in [7, 11) is 0. The fourth-order valence-corrected chi connectivity index (χ4v) is 2.19. The van der Waals surface area contributed by atoms with Crippen LogP contribution in [0.25, 0.3) is 28.3 Å². The third-order valence-corrected chi connectivity index (χ3v) is 3.17. The lowest BCUT2D eigenvalue weighted by molar-refractivity contribution is -0.137. The highest BCUT2D eigenvalue weighted by Crippen LogP contribution is 2.31. The Morgan fingerprint density at radius 2 is 2.05 bits per heavy atom. The fraction of sp³-hybridized carbons (Fsp3) is 0.0769. The Bertz CT molecular complexity index is 975. The highest BCUT2D eigenvalue weighted by atomic mass is 19.4. The lowest BCUT2D eigenvalue weighted by Crippen LogP contribution is -2.05. The third-order valence-electron chi connectivity index (χ3n) is 3.17. The van der Waals surface area contributed by atoms with Gasteiger partial charge >= 0.3 is 6.18 Å². The molecule has 0 aliphatic heterocycles. The Morgan fingerprint density at radius 3 is 2.77 bits per heavy atom. The van der Waals surface area contributed by atoms with Crippen molar-refractivity contribution < 1.29 is 17.6 Å². The summed E-state index contributed by atoms with van der Waals surface area (Å²) in [6, 6.07) is 4.19. The van der Waals surface area contributed by atoms with Crippen molar-refractivity contribution in [3.05, 3.63) is 42.5 Å². The number of fused-ring (bicyclic) bond motifs is 3. The molecule has 4 aromatic heterocycles. The summed E-state index contributed by atoms with van der Waals surface area (Å²) in [6.45, 7) is 0. The Labute approximate surface area is 120 Å². The summed E-state index contributed by atoms with van der Waals surface area (Å²) >= 11 is 0. The van der Waals surface area contributed by atoms with Crippen LogP contribution < -0.4 is 0 Å². The van der Waals surface area contributed by atoms with E-state index in [1.165, 1.54) is 12.5 Å². The quantitative estimate of drug-likeness (QED) is 0.541. The Hall–Kier alpha value is -2.97. The Balaban J connectivity index is 1.95. The lowest BCUT2D eigenvalue weighted by Gasteiger charge is -2.07. The van der Waals surface area contributed by atoms with Crippen molar-refractivity contribution in [3.8, 4) is 11.6 Å². The minimum Gasteiger partial charge on any atom is -0.422 e. The second kappa shape index (κ2) is 4.26. The van der Waals surface area contributed by atoms with E-state index in [4.69, 9.17) is 4.42 Å². The van der Waals surface area contributed by atoms with Gasteiger partial charge < -0.3 is 4.42 Å². The van der Waals surface area contributed by atoms with Crippen molar-refractivity contribution in [2.24, 2.45) is 0 Å². The number of aromatic nitrogens is 5. The number of halogens is 3. The van der Waals surface area contributed by atoms with Gasteiger partial charge in [0.2, 0.25) is 6.39 Å². The van der Waals surface area contributed by atoms with Gasteiger partial charge in [-0.15, -0.1) is 10.2 Å². The minimum absolute atomic E-state index is 0.226. The number of hydrogen-bond donors (Lipinski definition) is 0. The van der Waals surface area contributed by atoms with E-state index >= 15 is 0 Å². The number of nitrogens with zero attached hydrogens (tertiary/aromatic N) is 5. The lowest BCUT2D eigenvalue weighted by atomic mass is 10.2. The van der Waals surface area contributed by atoms with Gasteiger partial charge in [-0.3, -0.25) is 4.40 Å². The van der Waals surface area contributed by atoms with Gasteiger partial charge in [0, 0.05) is 17.8 Å². The van der Waals surface area contributed by atoms with Crippen LogP contribution in [0.15, 0.2) is 41.4 Å². The van der Waals surface area contributed by atoms with Gasteiger partial charge in [0.25, 0.3) is 5.89 Å². The van der Waals surface area contributed by atoms with Gasteiger partial charge in [-0.25, -0.2) is 9.97 Å². The number of alkyl halides is 3. The molecule has 0 N–H and O–H groups in total. The van der Waals surface area contributed by atoms with Crippen LogP contribution in [0.2, 0.25) is 0 Å². The molecule has 0 bridgehead atoms. The van der Waals surface area contributed by atoms with E-state index in [0.717, 1.165) is 12.3 Å². The van der Waals surface area contributed by atoms with Gasteiger partial charge in [-0.05, 0) is 18.2 Å². The molecule has 0 saturated carbocycles. The van der Waals surface area contributed by atoms with Crippen molar-refractivity contribution in [1.82, 2.24) is 24.6 Å². The van der Waals surface area contributed by atoms with Crippen molar-refractivity contribution in [1.29, 1.82) is 0 Å². The molecule has 4 aromatic rings. The predicted molar refractivity (Wildman–Crippen MR) is 68.8 cm³/mol. The molecule has 110 valence electrons. The van der Waals surface area contributed by atoms with Gasteiger partial charge in [0.15, 0.2) is 0 Å². The fourth-order valence-electron chi connectivity index (χ4n) is 2.19. The molecule has 0 atom stereocenters. The number of imidazole rings is 1. The van der Waals surface area contributed by atoms with Crippen molar-refractivity contribution >= 4 is 16.7 Å². The molecule has 0 amide bonds. The molecule has 0 saturated heterocycles. The Morgan fingerprint density at radius 1 is 1.18 bits per heavy atom. The number of hydrogen-bond acceptors (Lipinski definition) is 5. The monoisotopic (exact) mass is 305 g/mol. The molecule has 0 aliphatic rings. The summed E-state index contributed by atoms with van der Waals surface area (Å²) in [4.78, 5) is 8.19. The van der Waals surface area contributed by atoms with Gasteiger partial charge in [0.1, 0.15) is 17.0 Å². The molecular weight excluding hydrogens is 299 g/mol. The second-order valence-electron chi connectivity index (χ2n) is 4.57. The van der Waals surface area contributed by atoms with Crippen LogP contribution in [0, 0.1) is 0 Å². The highest BCUT2D eigenvalue weighted by Gasteiger charge is 2.31. The van der Waals surface area contributed by atoms with Crippen molar-refractivity contribution in [3.63, 3.8) is 0 Å². The second-order valence-corrected chi connectivity index (χ2v) is 4.57. The van der Waals surface area contributed by atoms with Gasteiger partial charge in [0.05, 0.1) is 5.56 Å². The van der Waals surface area contributed by atoms with Gasteiger partial charge in [-0.2, -0.15) is 13.2 Å². The molecule has 0 radical (unpaired) electrons. The first kappa shape index (κ1) is 12.7. The average molecular weight is 305 g/mol. The van der Waals surface area contributed by atoms with E-state index in [1.54, 1.807) is 16.7 Å². The minimum atomic E-state index is -4.43. The first-order chi connectivity index (χ1) is 10.5. The van der Waals surface area contributed by atoms with Crippen molar-refractivity contribution in [2.45, 2.75) is 6.18 Å². The van der Waals surface area contributed by atoms with E-state index < -0.39 is 11.7 Å². The molecule has 22 heavy (non-hydrogen) atoms. The maximum Gasteiger partial charge on any atom is 0.417 e. The maximum absolute atomic E-state index is 12.7. The van der Waals surface area contributed by atoms with E-state index in [0.29, 0.717) is 22.4 Å². The zero-order valence-electron chi connectivity index (χ0n) is 10.7. The molecule has 0 aromatic carbocycles. The summed E-state index contributed by atoms with van der Waals surface area (Å²) < 4.78 is 44.8. The molecule has 4 rings (SSSR count). The molecular formula is C13H6F3N5O. The summed E-state index contributed by atoms with van der Waals surface area (Å²) in [5.41, 5.74) is 0.514. The summed E-state index contributed by atoms with van der Waals surface area (Å²) in [6.07, 6.45) is -0.870. The molecule has 0 spiro atoms. The van der Waals surface area contributed by atoms with E-state index in [2.05, 4.69) is 20.2 Å². The molecule has 0 fully saturated rings. The summed E-state index contributed by atoms with van der Waals surface area (Å²) in [5, 5.41) is 7.67. The topological polar surface area (TPSA) is 69.1 Å². The van der Waals surface area contributed by atoms with Crippen LogP contribution in [0.1, 0.15) is 5.56 Å². The van der Waals surface area contributed by atoms with Crippen LogP contribution >= 0.6 is 0 Å². The maximum atomic E-state index is 12.7. The number of rotatable bonds is 1. The zero-order valence-corrected chi connectivity index (χ0v) is 10.7. The first-order valence-electron chi connectivity index (χ1n) is 6.14. The normalized spacial score (nSPS) is 12.3. The predicted octanol–water partition coefficient (Wildman–Crippen LogP) is 2.95. The van der Waals surface area contributed by atoms with Crippen LogP contribution in [-0.2, 0) is 6.18 Å². The molecule has 9 heteroatoms. The van der Waals surface area contributed by atoms with Crippen LogP contribution in [0.4, 0.5) is 13.2 Å².